The number of thioether (sulfide) groups is 1. The number of rotatable bonds is 7. The van der Waals surface area contributed by atoms with Crippen LogP contribution in [0.1, 0.15) is 25.5 Å². The SMILES string of the molecule is COc1ccccc1-n1cnnc1S[C@@H](C)C(=O)N[C@H](C)c1ccc(F)cc1. The van der Waals surface area contributed by atoms with Crippen LogP contribution in [0.2, 0.25) is 0 Å². The van der Waals surface area contributed by atoms with Gasteiger partial charge in [0.25, 0.3) is 0 Å². The largest absolute Gasteiger partial charge is 0.495 e. The topological polar surface area (TPSA) is 69.0 Å². The molecule has 6 nitrogen and oxygen atoms in total. The zero-order valence-corrected chi connectivity index (χ0v) is 16.6. The first-order valence-electron chi connectivity index (χ1n) is 8.75. The van der Waals surface area contributed by atoms with E-state index >= 15 is 0 Å². The average Bonchev–Trinajstić information content (AvgIpc) is 3.16. The van der Waals surface area contributed by atoms with Crippen LogP contribution in [0.5, 0.6) is 5.75 Å². The molecule has 0 saturated carbocycles. The predicted molar refractivity (Wildman–Crippen MR) is 106 cm³/mol. The van der Waals surface area contributed by atoms with E-state index in [2.05, 4.69) is 15.5 Å². The third-order valence-corrected chi connectivity index (χ3v) is 5.30. The summed E-state index contributed by atoms with van der Waals surface area (Å²) in [7, 11) is 1.60. The Balaban J connectivity index is 1.70. The summed E-state index contributed by atoms with van der Waals surface area (Å²) >= 11 is 1.30. The van der Waals surface area contributed by atoms with Crippen LogP contribution in [-0.2, 0) is 4.79 Å². The molecule has 8 heteroatoms. The number of halogens is 1. The standard InChI is InChI=1S/C20H21FN4O2S/c1-13(15-8-10-16(21)11-9-15)23-19(26)14(2)28-20-24-22-12-25(20)17-6-4-5-7-18(17)27-3/h4-14H,1-3H3,(H,23,26)/t13-,14+/m1/s1. The summed E-state index contributed by atoms with van der Waals surface area (Å²) in [5.41, 5.74) is 1.63. The molecule has 1 amide bonds. The minimum absolute atomic E-state index is 0.142. The number of ether oxygens (including phenoxy) is 1. The molecule has 0 aliphatic heterocycles. The first-order chi connectivity index (χ1) is 13.5. The number of nitrogens with zero attached hydrogens (tertiary/aromatic N) is 3. The Morgan fingerprint density at radius 1 is 1.18 bits per heavy atom. The van der Waals surface area contributed by atoms with Gasteiger partial charge in [0, 0.05) is 0 Å². The normalized spacial score (nSPS) is 13.0. The van der Waals surface area contributed by atoms with Gasteiger partial charge in [0.1, 0.15) is 17.9 Å². The van der Waals surface area contributed by atoms with Crippen molar-refractivity contribution in [1.82, 2.24) is 20.1 Å². The van der Waals surface area contributed by atoms with Crippen molar-refractivity contribution in [3.05, 3.63) is 66.2 Å². The van der Waals surface area contributed by atoms with Crippen molar-refractivity contribution in [2.45, 2.75) is 30.3 Å². The first kappa shape index (κ1) is 19.9. The van der Waals surface area contributed by atoms with E-state index in [9.17, 15) is 9.18 Å². The van der Waals surface area contributed by atoms with Gasteiger partial charge in [-0.25, -0.2) is 4.39 Å². The minimum atomic E-state index is -0.402. The predicted octanol–water partition coefficient (Wildman–Crippen LogP) is 3.77. The number of benzene rings is 2. The van der Waals surface area contributed by atoms with E-state index in [-0.39, 0.29) is 17.8 Å². The molecular formula is C20H21FN4O2S. The third kappa shape index (κ3) is 4.51. The van der Waals surface area contributed by atoms with Crippen LogP contribution in [0.15, 0.2) is 60.0 Å². The van der Waals surface area contributed by atoms with Gasteiger partial charge in [0.15, 0.2) is 5.16 Å². The molecule has 2 aromatic carbocycles. The zero-order valence-electron chi connectivity index (χ0n) is 15.8. The van der Waals surface area contributed by atoms with Crippen LogP contribution >= 0.6 is 11.8 Å². The summed E-state index contributed by atoms with van der Waals surface area (Å²) in [6, 6.07) is 13.4. The summed E-state index contributed by atoms with van der Waals surface area (Å²) in [5.74, 6) is 0.240. The second-order valence-electron chi connectivity index (χ2n) is 6.20. The molecule has 0 fully saturated rings. The number of amides is 1. The fourth-order valence-corrected chi connectivity index (χ4v) is 3.52. The lowest BCUT2D eigenvalue weighted by molar-refractivity contribution is -0.120. The Bertz CT molecular complexity index is 945. The quantitative estimate of drug-likeness (QED) is 0.612. The molecule has 0 unspecified atom stereocenters. The molecule has 3 aromatic rings. The highest BCUT2D eigenvalue weighted by Crippen LogP contribution is 2.29. The lowest BCUT2D eigenvalue weighted by atomic mass is 10.1. The molecule has 0 bridgehead atoms. The fourth-order valence-electron chi connectivity index (χ4n) is 2.68. The van der Waals surface area contributed by atoms with E-state index in [4.69, 9.17) is 4.74 Å². The maximum Gasteiger partial charge on any atom is 0.233 e. The number of carbonyl (C=O) groups is 1. The average molecular weight is 400 g/mol. The van der Waals surface area contributed by atoms with Crippen LogP contribution in [0.3, 0.4) is 0 Å². The lowest BCUT2D eigenvalue weighted by Gasteiger charge is -2.18. The number of aromatic nitrogens is 3. The maximum atomic E-state index is 13.1. The lowest BCUT2D eigenvalue weighted by Crippen LogP contribution is -2.33. The highest BCUT2D eigenvalue weighted by Gasteiger charge is 2.21. The second kappa shape index (κ2) is 8.88. The first-order valence-corrected chi connectivity index (χ1v) is 9.63. The molecule has 1 N–H and O–H groups in total. The molecule has 0 saturated heterocycles. The Morgan fingerprint density at radius 3 is 2.61 bits per heavy atom. The van der Waals surface area contributed by atoms with Gasteiger partial charge < -0.3 is 10.1 Å². The molecule has 28 heavy (non-hydrogen) atoms. The molecule has 0 radical (unpaired) electrons. The molecule has 1 heterocycles. The van der Waals surface area contributed by atoms with Crippen LogP contribution < -0.4 is 10.1 Å². The molecule has 146 valence electrons. The molecule has 2 atom stereocenters. The van der Waals surface area contributed by atoms with Gasteiger partial charge in [-0.2, -0.15) is 0 Å². The van der Waals surface area contributed by atoms with Crippen molar-refractivity contribution in [1.29, 1.82) is 0 Å². The minimum Gasteiger partial charge on any atom is -0.495 e. The van der Waals surface area contributed by atoms with Crippen molar-refractivity contribution in [3.63, 3.8) is 0 Å². The summed E-state index contributed by atoms with van der Waals surface area (Å²) in [6.07, 6.45) is 1.59. The fraction of sp³-hybridized carbons (Fsp3) is 0.250. The molecule has 0 aliphatic rings. The van der Waals surface area contributed by atoms with Gasteiger partial charge >= 0.3 is 0 Å². The van der Waals surface area contributed by atoms with Gasteiger partial charge in [-0.1, -0.05) is 36.0 Å². The number of carbonyl (C=O) groups excluding carboxylic acids is 1. The number of hydrogen-bond donors (Lipinski definition) is 1. The smallest absolute Gasteiger partial charge is 0.233 e. The monoisotopic (exact) mass is 400 g/mol. The number of hydrogen-bond acceptors (Lipinski definition) is 5. The van der Waals surface area contributed by atoms with Gasteiger partial charge in [-0.15, -0.1) is 10.2 Å². The van der Waals surface area contributed by atoms with Crippen molar-refractivity contribution < 1.29 is 13.9 Å². The van der Waals surface area contributed by atoms with E-state index in [0.717, 1.165) is 11.3 Å². The third-order valence-electron chi connectivity index (χ3n) is 4.24. The summed E-state index contributed by atoms with van der Waals surface area (Å²) in [6.45, 7) is 3.67. The van der Waals surface area contributed by atoms with Gasteiger partial charge in [-0.05, 0) is 43.7 Å². The number of nitrogens with one attached hydrogen (secondary N) is 1. The molecule has 0 spiro atoms. The Kier molecular flexibility index (Phi) is 6.30. The van der Waals surface area contributed by atoms with Crippen molar-refractivity contribution in [2.75, 3.05) is 7.11 Å². The van der Waals surface area contributed by atoms with Crippen LogP contribution in [0.25, 0.3) is 5.69 Å². The van der Waals surface area contributed by atoms with E-state index in [0.29, 0.717) is 10.9 Å². The zero-order chi connectivity index (χ0) is 20.1. The van der Waals surface area contributed by atoms with E-state index in [1.807, 2.05) is 31.2 Å². The number of para-hydroxylation sites is 2. The highest BCUT2D eigenvalue weighted by atomic mass is 32.2. The van der Waals surface area contributed by atoms with Crippen LogP contribution in [0, 0.1) is 5.82 Å². The van der Waals surface area contributed by atoms with E-state index < -0.39 is 5.25 Å². The van der Waals surface area contributed by atoms with E-state index in [1.165, 1.54) is 23.9 Å². The maximum absolute atomic E-state index is 13.1. The molecule has 3 rings (SSSR count). The highest BCUT2D eigenvalue weighted by molar-refractivity contribution is 8.00. The Labute approximate surface area is 167 Å². The molecular weight excluding hydrogens is 379 g/mol. The van der Waals surface area contributed by atoms with Crippen molar-refractivity contribution in [3.8, 4) is 11.4 Å². The van der Waals surface area contributed by atoms with Crippen LogP contribution in [0.4, 0.5) is 4.39 Å². The second-order valence-corrected chi connectivity index (χ2v) is 7.51. The molecule has 1 aromatic heterocycles. The summed E-state index contributed by atoms with van der Waals surface area (Å²) in [5, 5.41) is 11.2. The van der Waals surface area contributed by atoms with E-state index in [1.54, 1.807) is 37.1 Å². The Morgan fingerprint density at radius 2 is 1.89 bits per heavy atom. The van der Waals surface area contributed by atoms with Crippen LogP contribution in [-0.4, -0.2) is 33.0 Å². The van der Waals surface area contributed by atoms with Crippen molar-refractivity contribution >= 4 is 17.7 Å². The van der Waals surface area contributed by atoms with Crippen molar-refractivity contribution in [2.24, 2.45) is 0 Å². The summed E-state index contributed by atoms with van der Waals surface area (Å²) in [4.78, 5) is 12.6. The Hall–Kier alpha value is -2.87. The van der Waals surface area contributed by atoms with Gasteiger partial charge in [-0.3, -0.25) is 9.36 Å². The summed E-state index contributed by atoms with van der Waals surface area (Å²) < 4.78 is 20.3. The number of methoxy groups -OCH3 is 1. The van der Waals surface area contributed by atoms with Gasteiger partial charge in [0.05, 0.1) is 24.1 Å². The molecule has 0 aliphatic carbocycles. The van der Waals surface area contributed by atoms with Gasteiger partial charge in [0.2, 0.25) is 5.91 Å².